The van der Waals surface area contributed by atoms with Gasteiger partial charge in [-0.15, -0.1) is 0 Å². The van der Waals surface area contributed by atoms with E-state index in [4.69, 9.17) is 5.73 Å². The van der Waals surface area contributed by atoms with Gasteiger partial charge in [-0.05, 0) is 34.8 Å². The number of hydrogen-bond donors (Lipinski definition) is 1. The summed E-state index contributed by atoms with van der Waals surface area (Å²) < 4.78 is 27.4. The first-order chi connectivity index (χ1) is 9.06. The third-order valence-corrected chi connectivity index (χ3v) is 5.47. The van der Waals surface area contributed by atoms with Crippen LogP contribution in [0, 0.1) is 5.82 Å². The summed E-state index contributed by atoms with van der Waals surface area (Å²) in [5.74, 6) is 1.41. The maximum absolute atomic E-state index is 13.7. The number of halogens is 2. The van der Waals surface area contributed by atoms with E-state index in [1.807, 2.05) is 4.57 Å². The Balaban J connectivity index is 2.10. The SMILES string of the molecule is Nc1nc2cc(Br)c(F)cc2n1C1CCS(=O)CC1. The summed E-state index contributed by atoms with van der Waals surface area (Å²) in [5.41, 5.74) is 7.34. The van der Waals surface area contributed by atoms with Crippen molar-refractivity contribution in [2.75, 3.05) is 17.2 Å². The van der Waals surface area contributed by atoms with Gasteiger partial charge in [-0.2, -0.15) is 0 Å². The van der Waals surface area contributed by atoms with E-state index >= 15 is 0 Å². The average molecular weight is 346 g/mol. The van der Waals surface area contributed by atoms with Gasteiger partial charge in [0, 0.05) is 34.4 Å². The zero-order valence-corrected chi connectivity index (χ0v) is 12.5. The summed E-state index contributed by atoms with van der Waals surface area (Å²) in [6, 6.07) is 3.25. The molecule has 102 valence electrons. The number of benzene rings is 1. The van der Waals surface area contributed by atoms with Crippen molar-refractivity contribution in [3.05, 3.63) is 22.4 Å². The van der Waals surface area contributed by atoms with E-state index < -0.39 is 10.8 Å². The Labute approximate surface area is 120 Å². The summed E-state index contributed by atoms with van der Waals surface area (Å²) in [6.45, 7) is 0. The van der Waals surface area contributed by atoms with Crippen LogP contribution in [0.1, 0.15) is 18.9 Å². The molecule has 2 N–H and O–H groups in total. The predicted octanol–water partition coefficient (Wildman–Crippen LogP) is 2.60. The molecule has 1 fully saturated rings. The van der Waals surface area contributed by atoms with Crippen LogP contribution in [0.5, 0.6) is 0 Å². The minimum Gasteiger partial charge on any atom is -0.369 e. The summed E-state index contributed by atoms with van der Waals surface area (Å²) >= 11 is 3.15. The fourth-order valence-corrected chi connectivity index (χ4v) is 4.14. The number of rotatable bonds is 1. The third kappa shape index (κ3) is 2.29. The minimum absolute atomic E-state index is 0.156. The van der Waals surface area contributed by atoms with Crippen molar-refractivity contribution in [2.24, 2.45) is 0 Å². The Morgan fingerprint density at radius 1 is 1.42 bits per heavy atom. The normalized spacial score (nSPS) is 23.9. The van der Waals surface area contributed by atoms with Crippen molar-refractivity contribution in [1.82, 2.24) is 9.55 Å². The second kappa shape index (κ2) is 4.86. The molecule has 4 nitrogen and oxygen atoms in total. The van der Waals surface area contributed by atoms with Crippen LogP contribution in [0.25, 0.3) is 11.0 Å². The molecule has 0 unspecified atom stereocenters. The van der Waals surface area contributed by atoms with Crippen molar-refractivity contribution in [1.29, 1.82) is 0 Å². The van der Waals surface area contributed by atoms with E-state index in [1.165, 1.54) is 6.07 Å². The van der Waals surface area contributed by atoms with Gasteiger partial charge in [-0.1, -0.05) is 0 Å². The number of nitrogens with zero attached hydrogens (tertiary/aromatic N) is 2. The lowest BCUT2D eigenvalue weighted by atomic mass is 10.1. The molecule has 0 atom stereocenters. The van der Waals surface area contributed by atoms with Crippen LogP contribution in [0.2, 0.25) is 0 Å². The molecule has 0 amide bonds. The first-order valence-electron chi connectivity index (χ1n) is 6.03. The molecule has 1 aromatic heterocycles. The first-order valence-corrected chi connectivity index (χ1v) is 8.32. The Morgan fingerprint density at radius 3 is 2.79 bits per heavy atom. The topological polar surface area (TPSA) is 60.9 Å². The fraction of sp³-hybridized carbons (Fsp3) is 0.417. The fourth-order valence-electron chi connectivity index (χ4n) is 2.53. The molecule has 19 heavy (non-hydrogen) atoms. The lowest BCUT2D eigenvalue weighted by Crippen LogP contribution is -2.22. The highest BCUT2D eigenvalue weighted by molar-refractivity contribution is 9.10. The molecule has 1 aliphatic heterocycles. The molecule has 2 heterocycles. The van der Waals surface area contributed by atoms with Gasteiger partial charge >= 0.3 is 0 Å². The summed E-state index contributed by atoms with van der Waals surface area (Å²) in [5, 5.41) is 0. The average Bonchev–Trinajstić information content (AvgIpc) is 2.67. The Hall–Kier alpha value is -0.950. The summed E-state index contributed by atoms with van der Waals surface area (Å²) in [7, 11) is -0.727. The standard InChI is InChI=1S/C12H13BrFN3OS/c13-8-5-10-11(6-9(8)14)17(12(15)16-10)7-1-3-19(18)4-2-7/h5-7H,1-4H2,(H2,15,16). The lowest BCUT2D eigenvalue weighted by molar-refractivity contribution is 0.477. The number of nitrogens with two attached hydrogens (primary N) is 1. The zero-order chi connectivity index (χ0) is 13.6. The molecule has 1 saturated heterocycles. The van der Waals surface area contributed by atoms with Crippen molar-refractivity contribution < 1.29 is 8.60 Å². The number of hydrogen-bond acceptors (Lipinski definition) is 3. The third-order valence-electron chi connectivity index (χ3n) is 3.48. The highest BCUT2D eigenvalue weighted by atomic mass is 79.9. The molecule has 0 radical (unpaired) electrons. The maximum Gasteiger partial charge on any atom is 0.201 e. The van der Waals surface area contributed by atoms with E-state index in [9.17, 15) is 8.60 Å². The van der Waals surface area contributed by atoms with Crippen LogP contribution in [-0.2, 0) is 10.8 Å². The van der Waals surface area contributed by atoms with E-state index in [2.05, 4.69) is 20.9 Å². The number of fused-ring (bicyclic) bond motifs is 1. The zero-order valence-electron chi connectivity index (χ0n) is 10.1. The van der Waals surface area contributed by atoms with Crippen LogP contribution in [-0.4, -0.2) is 25.3 Å². The largest absolute Gasteiger partial charge is 0.369 e. The number of imidazole rings is 1. The molecular formula is C12H13BrFN3OS. The molecule has 1 aliphatic rings. The number of anilines is 1. The van der Waals surface area contributed by atoms with Gasteiger partial charge in [0.2, 0.25) is 5.95 Å². The van der Waals surface area contributed by atoms with E-state index in [-0.39, 0.29) is 11.9 Å². The van der Waals surface area contributed by atoms with Crippen LogP contribution in [0.15, 0.2) is 16.6 Å². The predicted molar refractivity (Wildman–Crippen MR) is 78.0 cm³/mol. The van der Waals surface area contributed by atoms with Crippen LogP contribution >= 0.6 is 15.9 Å². The molecule has 0 bridgehead atoms. The van der Waals surface area contributed by atoms with Crippen LogP contribution < -0.4 is 5.73 Å². The molecular weight excluding hydrogens is 333 g/mol. The molecule has 0 aliphatic carbocycles. The molecule has 7 heteroatoms. The van der Waals surface area contributed by atoms with Crippen molar-refractivity contribution in [2.45, 2.75) is 18.9 Å². The quantitative estimate of drug-likeness (QED) is 0.864. The van der Waals surface area contributed by atoms with Crippen molar-refractivity contribution >= 4 is 43.7 Å². The van der Waals surface area contributed by atoms with E-state index in [1.54, 1.807) is 6.07 Å². The van der Waals surface area contributed by atoms with Gasteiger partial charge in [0.1, 0.15) is 5.82 Å². The molecule has 0 saturated carbocycles. The highest BCUT2D eigenvalue weighted by Crippen LogP contribution is 2.32. The minimum atomic E-state index is -0.727. The molecule has 3 rings (SSSR count). The number of aromatic nitrogens is 2. The van der Waals surface area contributed by atoms with Crippen molar-refractivity contribution in [3.63, 3.8) is 0 Å². The van der Waals surface area contributed by atoms with Gasteiger partial charge in [0.25, 0.3) is 0 Å². The second-order valence-corrected chi connectivity index (χ2v) is 7.22. The Bertz CT molecular complexity index is 663. The van der Waals surface area contributed by atoms with Gasteiger partial charge < -0.3 is 10.3 Å². The van der Waals surface area contributed by atoms with Crippen LogP contribution in [0.3, 0.4) is 0 Å². The number of nitrogen functional groups attached to an aromatic ring is 1. The van der Waals surface area contributed by atoms with Gasteiger partial charge in [0.15, 0.2) is 0 Å². The van der Waals surface area contributed by atoms with Gasteiger partial charge in [-0.3, -0.25) is 4.21 Å². The molecule has 1 aromatic carbocycles. The molecule has 0 spiro atoms. The Kier molecular flexibility index (Phi) is 3.34. The van der Waals surface area contributed by atoms with Crippen molar-refractivity contribution in [3.8, 4) is 0 Å². The summed E-state index contributed by atoms with van der Waals surface area (Å²) in [4.78, 5) is 4.28. The van der Waals surface area contributed by atoms with Crippen LogP contribution in [0.4, 0.5) is 10.3 Å². The van der Waals surface area contributed by atoms with E-state index in [0.717, 1.165) is 12.8 Å². The Morgan fingerprint density at radius 2 is 2.11 bits per heavy atom. The van der Waals surface area contributed by atoms with Gasteiger partial charge in [0.05, 0.1) is 15.5 Å². The summed E-state index contributed by atoms with van der Waals surface area (Å²) in [6.07, 6.45) is 1.58. The molecule has 2 aromatic rings. The van der Waals surface area contributed by atoms with E-state index in [0.29, 0.717) is 33.0 Å². The maximum atomic E-state index is 13.7. The highest BCUT2D eigenvalue weighted by Gasteiger charge is 2.23. The second-order valence-electron chi connectivity index (χ2n) is 4.67. The first kappa shape index (κ1) is 13.1. The smallest absolute Gasteiger partial charge is 0.201 e. The lowest BCUT2D eigenvalue weighted by Gasteiger charge is -2.24. The van der Waals surface area contributed by atoms with Gasteiger partial charge in [-0.25, -0.2) is 9.37 Å². The monoisotopic (exact) mass is 345 g/mol.